The summed E-state index contributed by atoms with van der Waals surface area (Å²) in [6, 6.07) is 0. The van der Waals surface area contributed by atoms with Gasteiger partial charge in [-0.1, -0.05) is 32.9 Å². The third kappa shape index (κ3) is 1.15. The summed E-state index contributed by atoms with van der Waals surface area (Å²) in [7, 11) is 1.79. The monoisotopic (exact) mass is 225 g/mol. The zero-order chi connectivity index (χ0) is 12.1. The fourth-order valence-corrected chi connectivity index (χ4v) is 4.21. The van der Waals surface area contributed by atoms with Gasteiger partial charge in [-0.05, 0) is 24.2 Å². The van der Waals surface area contributed by atoms with Crippen LogP contribution in [0.15, 0.2) is 5.16 Å². The highest BCUT2D eigenvalue weighted by Gasteiger charge is 2.62. The van der Waals surface area contributed by atoms with Gasteiger partial charge in [-0.2, -0.15) is 0 Å². The van der Waals surface area contributed by atoms with Crippen molar-refractivity contribution >= 4 is 5.71 Å². The third-order valence-electron chi connectivity index (χ3n) is 5.69. The summed E-state index contributed by atoms with van der Waals surface area (Å²) in [4.78, 5) is 0. The first kappa shape index (κ1) is 11.9. The maximum Gasteiger partial charge on any atom is 0.0786 e. The molecule has 5 atom stereocenters. The van der Waals surface area contributed by atoms with Crippen molar-refractivity contribution in [2.24, 2.45) is 28.3 Å². The fourth-order valence-electron chi connectivity index (χ4n) is 4.21. The van der Waals surface area contributed by atoms with Gasteiger partial charge in [0.15, 0.2) is 0 Å². The lowest BCUT2D eigenvalue weighted by atomic mass is 9.46. The minimum absolute atomic E-state index is 0.0495. The number of ether oxygens (including phenoxy) is 1. The van der Waals surface area contributed by atoms with Gasteiger partial charge in [-0.15, -0.1) is 0 Å². The molecular formula is C13H23NO2. The number of hydrogen-bond acceptors (Lipinski definition) is 3. The number of methoxy groups -OCH3 is 1. The van der Waals surface area contributed by atoms with Gasteiger partial charge in [0.25, 0.3) is 0 Å². The van der Waals surface area contributed by atoms with Gasteiger partial charge < -0.3 is 9.94 Å². The first-order chi connectivity index (χ1) is 7.42. The van der Waals surface area contributed by atoms with E-state index in [1.165, 1.54) is 0 Å². The van der Waals surface area contributed by atoms with E-state index < -0.39 is 0 Å². The number of oxime groups is 1. The zero-order valence-corrected chi connectivity index (χ0v) is 10.9. The van der Waals surface area contributed by atoms with Crippen LogP contribution in [0.2, 0.25) is 0 Å². The maximum atomic E-state index is 9.21. The van der Waals surface area contributed by atoms with E-state index in [9.17, 15) is 5.21 Å². The molecule has 3 rings (SSSR count). The first-order valence-corrected chi connectivity index (χ1v) is 6.19. The lowest BCUT2D eigenvalue weighted by Crippen LogP contribution is -2.65. The van der Waals surface area contributed by atoms with Gasteiger partial charge in [0.1, 0.15) is 0 Å². The second-order valence-electron chi connectivity index (χ2n) is 5.98. The quantitative estimate of drug-likeness (QED) is 0.550. The predicted molar refractivity (Wildman–Crippen MR) is 63.8 cm³/mol. The largest absolute Gasteiger partial charge is 0.411 e. The smallest absolute Gasteiger partial charge is 0.0786 e. The van der Waals surface area contributed by atoms with Crippen LogP contribution in [0, 0.1) is 23.2 Å². The normalized spacial score (nSPS) is 54.6. The van der Waals surface area contributed by atoms with Crippen LogP contribution in [0.25, 0.3) is 0 Å². The Balaban J connectivity index is 2.50. The van der Waals surface area contributed by atoms with E-state index >= 15 is 0 Å². The summed E-state index contributed by atoms with van der Waals surface area (Å²) in [5.74, 6) is 1.54. The standard InChI is InChI=1S/C13H23NO2/c1-8-6-12(4)9(2)10(3)13(8,16-5)7-11(12)14-15/h8-10,15H,6-7H2,1-5H3/b14-11-. The zero-order valence-electron chi connectivity index (χ0n) is 10.9. The Morgan fingerprint density at radius 2 is 1.94 bits per heavy atom. The lowest BCUT2D eigenvalue weighted by Gasteiger charge is -2.62. The Morgan fingerprint density at radius 1 is 1.31 bits per heavy atom. The molecule has 1 N–H and O–H groups in total. The van der Waals surface area contributed by atoms with Crippen molar-refractivity contribution in [2.75, 3.05) is 7.11 Å². The number of nitrogens with zero attached hydrogens (tertiary/aromatic N) is 1. The Labute approximate surface area is 97.9 Å². The molecule has 16 heavy (non-hydrogen) atoms. The number of fused-ring (bicyclic) bond motifs is 3. The minimum atomic E-state index is -0.126. The molecule has 0 aromatic carbocycles. The molecule has 5 unspecified atom stereocenters. The molecule has 3 aliphatic carbocycles. The second kappa shape index (κ2) is 3.46. The van der Waals surface area contributed by atoms with Crippen molar-refractivity contribution in [3.8, 4) is 0 Å². The van der Waals surface area contributed by atoms with E-state index in [-0.39, 0.29) is 11.0 Å². The summed E-state index contributed by atoms with van der Waals surface area (Å²) < 4.78 is 5.85. The average molecular weight is 225 g/mol. The first-order valence-electron chi connectivity index (χ1n) is 6.19. The number of rotatable bonds is 1. The molecule has 2 bridgehead atoms. The molecule has 0 heterocycles. The van der Waals surface area contributed by atoms with Crippen LogP contribution >= 0.6 is 0 Å². The molecule has 0 radical (unpaired) electrons. The van der Waals surface area contributed by atoms with E-state index in [0.29, 0.717) is 17.8 Å². The Bertz CT molecular complexity index is 328. The van der Waals surface area contributed by atoms with E-state index in [1.54, 1.807) is 7.11 Å². The second-order valence-corrected chi connectivity index (χ2v) is 5.98. The minimum Gasteiger partial charge on any atom is -0.411 e. The van der Waals surface area contributed by atoms with E-state index in [1.807, 2.05) is 0 Å². The number of hydrogen-bond donors (Lipinski definition) is 1. The van der Waals surface area contributed by atoms with Crippen molar-refractivity contribution in [3.63, 3.8) is 0 Å². The molecule has 0 aromatic heterocycles. The van der Waals surface area contributed by atoms with Crippen LogP contribution in [0.4, 0.5) is 0 Å². The van der Waals surface area contributed by atoms with Gasteiger partial charge in [0.2, 0.25) is 0 Å². The molecule has 3 fully saturated rings. The van der Waals surface area contributed by atoms with Gasteiger partial charge in [-0.25, -0.2) is 0 Å². The van der Waals surface area contributed by atoms with Crippen LogP contribution in [-0.4, -0.2) is 23.6 Å². The van der Waals surface area contributed by atoms with Gasteiger partial charge >= 0.3 is 0 Å². The molecule has 0 aliphatic heterocycles. The van der Waals surface area contributed by atoms with Crippen LogP contribution < -0.4 is 0 Å². The van der Waals surface area contributed by atoms with Crippen molar-refractivity contribution in [1.29, 1.82) is 0 Å². The molecule has 3 heteroatoms. The summed E-state index contributed by atoms with van der Waals surface area (Å²) in [5, 5.41) is 12.8. The van der Waals surface area contributed by atoms with Crippen LogP contribution in [-0.2, 0) is 4.74 Å². The molecule has 3 aliphatic rings. The summed E-state index contributed by atoms with van der Waals surface area (Å²) in [5.41, 5.74) is 0.852. The van der Waals surface area contributed by atoms with Gasteiger partial charge in [-0.3, -0.25) is 0 Å². The Morgan fingerprint density at radius 3 is 2.44 bits per heavy atom. The summed E-state index contributed by atoms with van der Waals surface area (Å²) in [6.07, 6.45) is 1.84. The van der Waals surface area contributed by atoms with Crippen LogP contribution in [0.5, 0.6) is 0 Å². The van der Waals surface area contributed by atoms with Crippen molar-refractivity contribution in [1.82, 2.24) is 0 Å². The molecule has 3 saturated carbocycles. The Kier molecular flexibility index (Phi) is 2.57. The highest BCUT2D eigenvalue weighted by molar-refractivity contribution is 5.92. The van der Waals surface area contributed by atoms with E-state index in [2.05, 4.69) is 32.9 Å². The topological polar surface area (TPSA) is 41.8 Å². The molecule has 0 spiro atoms. The Hall–Kier alpha value is -0.570. The summed E-state index contributed by atoms with van der Waals surface area (Å²) >= 11 is 0. The average Bonchev–Trinajstić information content (AvgIpc) is 2.26. The molecule has 0 saturated heterocycles. The van der Waals surface area contributed by atoms with Crippen molar-refractivity contribution < 1.29 is 9.94 Å². The molecule has 92 valence electrons. The lowest BCUT2D eigenvalue weighted by molar-refractivity contribution is -0.167. The highest BCUT2D eigenvalue weighted by atomic mass is 16.5. The molecule has 3 nitrogen and oxygen atoms in total. The van der Waals surface area contributed by atoms with E-state index in [0.717, 1.165) is 18.6 Å². The van der Waals surface area contributed by atoms with Crippen LogP contribution in [0.3, 0.4) is 0 Å². The van der Waals surface area contributed by atoms with Gasteiger partial charge in [0, 0.05) is 18.9 Å². The van der Waals surface area contributed by atoms with Crippen molar-refractivity contribution in [2.45, 2.75) is 46.1 Å². The highest BCUT2D eigenvalue weighted by Crippen LogP contribution is 2.60. The van der Waals surface area contributed by atoms with Gasteiger partial charge in [0.05, 0.1) is 11.3 Å². The molecular weight excluding hydrogens is 202 g/mol. The molecule has 0 aromatic rings. The predicted octanol–water partition coefficient (Wildman–Crippen LogP) is 2.92. The SMILES string of the molecule is COC12C/C(=N/O)C(C)(CC1C)C(C)C2C. The molecule has 0 amide bonds. The van der Waals surface area contributed by atoms with E-state index in [4.69, 9.17) is 4.74 Å². The van der Waals surface area contributed by atoms with Crippen molar-refractivity contribution in [3.05, 3.63) is 0 Å². The maximum absolute atomic E-state index is 9.21. The fraction of sp³-hybridized carbons (Fsp3) is 0.923. The summed E-state index contributed by atoms with van der Waals surface area (Å²) in [6.45, 7) is 9.03. The van der Waals surface area contributed by atoms with Crippen LogP contribution in [0.1, 0.15) is 40.5 Å². The third-order valence-corrected chi connectivity index (χ3v) is 5.69.